The van der Waals surface area contributed by atoms with Gasteiger partial charge in [0, 0.05) is 6.54 Å². The van der Waals surface area contributed by atoms with Crippen LogP contribution in [-0.4, -0.2) is 34.3 Å². The summed E-state index contributed by atoms with van der Waals surface area (Å²) < 4.78 is 0. The molecule has 2 aliphatic carbocycles. The Bertz CT molecular complexity index is 432. The summed E-state index contributed by atoms with van der Waals surface area (Å²) in [5, 5.41) is 3.17. The first-order chi connectivity index (χ1) is 10.1. The maximum absolute atomic E-state index is 13.3. The number of nitrogens with zero attached hydrogens (tertiary/aromatic N) is 1. The van der Waals surface area contributed by atoms with Gasteiger partial charge in [0.25, 0.3) is 0 Å². The maximum atomic E-state index is 13.3. The Morgan fingerprint density at radius 3 is 2.24 bits per heavy atom. The third-order valence-electron chi connectivity index (χ3n) is 5.96. The molecule has 0 bridgehead atoms. The van der Waals surface area contributed by atoms with Gasteiger partial charge in [0.05, 0.1) is 0 Å². The summed E-state index contributed by atoms with van der Waals surface area (Å²) in [5.74, 6) is 0.921. The van der Waals surface area contributed by atoms with Gasteiger partial charge in [-0.15, -0.1) is 0 Å². The predicted molar refractivity (Wildman–Crippen MR) is 81.7 cm³/mol. The average molecular weight is 292 g/mol. The van der Waals surface area contributed by atoms with Gasteiger partial charge < -0.3 is 10.2 Å². The minimum atomic E-state index is -0.609. The number of hydrogen-bond acceptors (Lipinski definition) is 2. The summed E-state index contributed by atoms with van der Waals surface area (Å²) in [6.45, 7) is 4.86. The third kappa shape index (κ3) is 2.27. The lowest BCUT2D eigenvalue weighted by atomic mass is 9.74. The molecule has 3 fully saturated rings. The van der Waals surface area contributed by atoms with Gasteiger partial charge in [-0.2, -0.15) is 0 Å². The van der Waals surface area contributed by atoms with Gasteiger partial charge >= 0.3 is 0 Å². The van der Waals surface area contributed by atoms with E-state index in [1.807, 2.05) is 18.7 Å². The van der Waals surface area contributed by atoms with Gasteiger partial charge in [-0.3, -0.25) is 9.59 Å². The number of rotatable bonds is 4. The van der Waals surface area contributed by atoms with Gasteiger partial charge in [-0.25, -0.2) is 0 Å². The standard InChI is InChI=1S/C17H28N2O2/c1-3-17(4-2)14(20)18-16(10-6-5-7-11-16)15(21)19(17)12-13-8-9-13/h13H,3-12H2,1-2H3,(H,18,20). The molecular formula is C17H28N2O2. The summed E-state index contributed by atoms with van der Waals surface area (Å²) in [6.07, 6.45) is 8.77. The van der Waals surface area contributed by atoms with Crippen LogP contribution < -0.4 is 5.32 Å². The lowest BCUT2D eigenvalue weighted by molar-refractivity contribution is -0.166. The molecule has 118 valence electrons. The predicted octanol–water partition coefficient (Wildman–Crippen LogP) is 2.62. The molecule has 3 rings (SSSR count). The third-order valence-corrected chi connectivity index (χ3v) is 5.96. The fourth-order valence-corrected chi connectivity index (χ4v) is 4.23. The van der Waals surface area contributed by atoms with E-state index in [1.54, 1.807) is 0 Å². The van der Waals surface area contributed by atoms with Crippen LogP contribution >= 0.6 is 0 Å². The highest BCUT2D eigenvalue weighted by molar-refractivity contribution is 6.02. The van der Waals surface area contributed by atoms with Crippen molar-refractivity contribution in [3.8, 4) is 0 Å². The maximum Gasteiger partial charge on any atom is 0.249 e. The van der Waals surface area contributed by atoms with Gasteiger partial charge in [0.15, 0.2) is 0 Å². The van der Waals surface area contributed by atoms with E-state index in [1.165, 1.54) is 19.3 Å². The van der Waals surface area contributed by atoms with Crippen LogP contribution in [0.1, 0.15) is 71.6 Å². The second-order valence-electron chi connectivity index (χ2n) is 7.19. The van der Waals surface area contributed by atoms with Crippen molar-refractivity contribution in [1.82, 2.24) is 10.2 Å². The van der Waals surface area contributed by atoms with E-state index in [-0.39, 0.29) is 11.8 Å². The summed E-state index contributed by atoms with van der Waals surface area (Å²) in [6, 6.07) is 0. The van der Waals surface area contributed by atoms with E-state index in [0.717, 1.165) is 32.2 Å². The monoisotopic (exact) mass is 292 g/mol. The van der Waals surface area contributed by atoms with Crippen molar-refractivity contribution in [2.24, 2.45) is 5.92 Å². The molecule has 0 aromatic rings. The van der Waals surface area contributed by atoms with Crippen molar-refractivity contribution in [3.63, 3.8) is 0 Å². The Hall–Kier alpha value is -1.06. The Morgan fingerprint density at radius 1 is 1.10 bits per heavy atom. The average Bonchev–Trinajstić information content (AvgIpc) is 3.31. The Labute approximate surface area is 127 Å². The number of carbonyl (C=O) groups is 2. The van der Waals surface area contributed by atoms with Crippen molar-refractivity contribution in [2.75, 3.05) is 6.54 Å². The largest absolute Gasteiger partial charge is 0.340 e. The molecule has 2 saturated carbocycles. The van der Waals surface area contributed by atoms with Crippen LogP contribution in [0.15, 0.2) is 0 Å². The van der Waals surface area contributed by atoms with Crippen molar-refractivity contribution in [2.45, 2.75) is 82.7 Å². The summed E-state index contributed by atoms with van der Waals surface area (Å²) in [7, 11) is 0. The zero-order chi connectivity index (χ0) is 15.1. The molecular weight excluding hydrogens is 264 g/mol. The molecule has 2 amide bonds. The molecule has 0 aromatic heterocycles. The van der Waals surface area contributed by atoms with E-state index in [9.17, 15) is 9.59 Å². The highest BCUT2D eigenvalue weighted by Gasteiger charge is 2.57. The minimum absolute atomic E-state index is 0.0923. The summed E-state index contributed by atoms with van der Waals surface area (Å²) in [4.78, 5) is 28.1. The van der Waals surface area contributed by atoms with E-state index in [2.05, 4.69) is 5.32 Å². The molecule has 0 unspecified atom stereocenters. The first-order valence-electron chi connectivity index (χ1n) is 8.72. The minimum Gasteiger partial charge on any atom is -0.340 e. The molecule has 0 radical (unpaired) electrons. The molecule has 1 N–H and O–H groups in total. The number of hydrogen-bond donors (Lipinski definition) is 1. The van der Waals surface area contributed by atoms with Crippen LogP contribution in [-0.2, 0) is 9.59 Å². The zero-order valence-corrected chi connectivity index (χ0v) is 13.4. The number of nitrogens with one attached hydrogen (secondary N) is 1. The molecule has 1 aliphatic heterocycles. The number of amides is 2. The summed E-state index contributed by atoms with van der Waals surface area (Å²) in [5.41, 5.74) is -1.19. The molecule has 3 aliphatic rings. The molecule has 1 heterocycles. The first-order valence-corrected chi connectivity index (χ1v) is 8.72. The van der Waals surface area contributed by atoms with Crippen LogP contribution in [0.25, 0.3) is 0 Å². The Kier molecular flexibility index (Phi) is 3.74. The van der Waals surface area contributed by atoms with Crippen LogP contribution in [0.3, 0.4) is 0 Å². The Balaban J connectivity index is 1.94. The molecule has 1 saturated heterocycles. The fraction of sp³-hybridized carbons (Fsp3) is 0.882. The van der Waals surface area contributed by atoms with E-state index < -0.39 is 11.1 Å². The zero-order valence-electron chi connectivity index (χ0n) is 13.4. The van der Waals surface area contributed by atoms with E-state index >= 15 is 0 Å². The lowest BCUT2D eigenvalue weighted by Gasteiger charge is -2.53. The quantitative estimate of drug-likeness (QED) is 0.866. The summed E-state index contributed by atoms with van der Waals surface area (Å²) >= 11 is 0. The highest BCUT2D eigenvalue weighted by Crippen LogP contribution is 2.41. The normalized spacial score (nSPS) is 27.8. The van der Waals surface area contributed by atoms with Gasteiger partial charge in [-0.05, 0) is 44.4 Å². The molecule has 0 aromatic carbocycles. The lowest BCUT2D eigenvalue weighted by Crippen LogP contribution is -2.76. The fourth-order valence-electron chi connectivity index (χ4n) is 4.23. The van der Waals surface area contributed by atoms with Crippen molar-refractivity contribution >= 4 is 11.8 Å². The highest BCUT2D eigenvalue weighted by atomic mass is 16.2. The van der Waals surface area contributed by atoms with Crippen LogP contribution in [0.5, 0.6) is 0 Å². The van der Waals surface area contributed by atoms with Crippen molar-refractivity contribution < 1.29 is 9.59 Å². The van der Waals surface area contributed by atoms with Gasteiger partial charge in [0.1, 0.15) is 11.1 Å². The van der Waals surface area contributed by atoms with Gasteiger partial charge in [0.2, 0.25) is 11.8 Å². The van der Waals surface area contributed by atoms with Crippen LogP contribution in [0.2, 0.25) is 0 Å². The molecule has 4 heteroatoms. The Morgan fingerprint density at radius 2 is 1.71 bits per heavy atom. The van der Waals surface area contributed by atoms with E-state index in [0.29, 0.717) is 18.8 Å². The van der Waals surface area contributed by atoms with Crippen molar-refractivity contribution in [1.29, 1.82) is 0 Å². The second kappa shape index (κ2) is 5.29. The second-order valence-corrected chi connectivity index (χ2v) is 7.19. The van der Waals surface area contributed by atoms with Crippen molar-refractivity contribution in [3.05, 3.63) is 0 Å². The smallest absolute Gasteiger partial charge is 0.249 e. The topological polar surface area (TPSA) is 49.4 Å². The van der Waals surface area contributed by atoms with Crippen LogP contribution in [0.4, 0.5) is 0 Å². The van der Waals surface area contributed by atoms with E-state index in [4.69, 9.17) is 0 Å². The molecule has 4 nitrogen and oxygen atoms in total. The van der Waals surface area contributed by atoms with Crippen LogP contribution in [0, 0.1) is 5.92 Å². The SMILES string of the molecule is CCC1(CC)C(=O)NC2(CCCCC2)C(=O)N1CC1CC1. The van der Waals surface area contributed by atoms with Gasteiger partial charge in [-0.1, -0.05) is 33.1 Å². The number of carbonyl (C=O) groups excluding carboxylic acids is 2. The number of piperazine rings is 1. The molecule has 1 spiro atoms. The molecule has 0 atom stereocenters. The molecule has 21 heavy (non-hydrogen) atoms. The first kappa shape index (κ1) is 14.9.